The van der Waals surface area contributed by atoms with Crippen molar-refractivity contribution in [3.8, 4) is 0 Å². The van der Waals surface area contributed by atoms with Crippen LogP contribution in [0.1, 0.15) is 18.4 Å². The van der Waals surface area contributed by atoms with Crippen molar-refractivity contribution in [1.82, 2.24) is 0 Å². The molecule has 102 valence electrons. The monoisotopic (exact) mass is 349 g/mol. The van der Waals surface area contributed by atoms with Crippen molar-refractivity contribution in [2.24, 2.45) is 4.99 Å². The standard InChI is InChI=1S/C17H16ClNSe/c18-14-8-6-13(7-9-14)17-11-10-15(19-17)12-20-16-4-2-1-3-5-16/h1-9,15H,10-12H2. The van der Waals surface area contributed by atoms with Gasteiger partial charge in [0.05, 0.1) is 0 Å². The summed E-state index contributed by atoms with van der Waals surface area (Å²) in [5, 5.41) is 1.99. The van der Waals surface area contributed by atoms with Crippen LogP contribution in [0.25, 0.3) is 0 Å². The van der Waals surface area contributed by atoms with Crippen LogP contribution in [0.3, 0.4) is 0 Å². The van der Waals surface area contributed by atoms with E-state index in [1.54, 1.807) is 0 Å². The van der Waals surface area contributed by atoms with Gasteiger partial charge in [-0.15, -0.1) is 0 Å². The second-order valence-electron chi connectivity index (χ2n) is 4.90. The summed E-state index contributed by atoms with van der Waals surface area (Å²) in [4.78, 5) is 4.89. The molecule has 0 N–H and O–H groups in total. The Balaban J connectivity index is 1.62. The number of benzene rings is 2. The Morgan fingerprint density at radius 3 is 2.55 bits per heavy atom. The van der Waals surface area contributed by atoms with E-state index in [2.05, 4.69) is 42.5 Å². The van der Waals surface area contributed by atoms with Gasteiger partial charge in [-0.25, -0.2) is 0 Å². The van der Waals surface area contributed by atoms with Crippen molar-refractivity contribution in [1.29, 1.82) is 0 Å². The van der Waals surface area contributed by atoms with Crippen LogP contribution >= 0.6 is 11.6 Å². The van der Waals surface area contributed by atoms with Crippen molar-refractivity contribution in [3.05, 3.63) is 65.2 Å². The Kier molecular flexibility index (Phi) is 4.57. The van der Waals surface area contributed by atoms with Gasteiger partial charge in [-0.2, -0.15) is 0 Å². The van der Waals surface area contributed by atoms with Gasteiger partial charge < -0.3 is 0 Å². The number of hydrogen-bond acceptors (Lipinski definition) is 1. The van der Waals surface area contributed by atoms with Crippen LogP contribution in [0.4, 0.5) is 0 Å². The molecule has 1 unspecified atom stereocenters. The van der Waals surface area contributed by atoms with E-state index in [4.69, 9.17) is 16.6 Å². The molecule has 1 heterocycles. The second-order valence-corrected chi connectivity index (χ2v) is 7.63. The van der Waals surface area contributed by atoms with Gasteiger partial charge in [0.1, 0.15) is 0 Å². The van der Waals surface area contributed by atoms with E-state index < -0.39 is 0 Å². The molecule has 0 aromatic heterocycles. The Morgan fingerprint density at radius 2 is 1.80 bits per heavy atom. The molecule has 3 heteroatoms. The van der Waals surface area contributed by atoms with Crippen molar-refractivity contribution in [3.63, 3.8) is 0 Å². The molecule has 0 spiro atoms. The molecule has 2 aromatic carbocycles. The number of halogens is 1. The Bertz CT molecular complexity index is 592. The quantitative estimate of drug-likeness (QED) is 0.746. The zero-order chi connectivity index (χ0) is 13.8. The van der Waals surface area contributed by atoms with Crippen molar-refractivity contribution in [2.45, 2.75) is 24.2 Å². The summed E-state index contributed by atoms with van der Waals surface area (Å²) in [6, 6.07) is 19.3. The summed E-state index contributed by atoms with van der Waals surface area (Å²) in [7, 11) is 0. The predicted octanol–water partition coefficient (Wildman–Crippen LogP) is 3.74. The van der Waals surface area contributed by atoms with Gasteiger partial charge in [0.15, 0.2) is 0 Å². The summed E-state index contributed by atoms with van der Waals surface area (Å²) in [6.45, 7) is 0. The Hall–Kier alpha value is -1.08. The van der Waals surface area contributed by atoms with Gasteiger partial charge in [-0.3, -0.25) is 0 Å². The Morgan fingerprint density at radius 1 is 1.05 bits per heavy atom. The van der Waals surface area contributed by atoms with Crippen molar-refractivity contribution in [2.75, 3.05) is 0 Å². The minimum atomic E-state index is 0.501. The average molecular weight is 349 g/mol. The molecule has 1 atom stereocenters. The van der Waals surface area contributed by atoms with E-state index in [0.29, 0.717) is 21.0 Å². The van der Waals surface area contributed by atoms with Gasteiger partial charge in [-0.05, 0) is 0 Å². The molecule has 20 heavy (non-hydrogen) atoms. The molecule has 1 aliphatic heterocycles. The summed E-state index contributed by atoms with van der Waals surface area (Å²) in [5.74, 6) is 0. The summed E-state index contributed by atoms with van der Waals surface area (Å²) < 4.78 is 1.47. The average Bonchev–Trinajstić information content (AvgIpc) is 2.96. The topological polar surface area (TPSA) is 12.4 Å². The predicted molar refractivity (Wildman–Crippen MR) is 87.6 cm³/mol. The van der Waals surface area contributed by atoms with Gasteiger partial charge in [0.2, 0.25) is 0 Å². The van der Waals surface area contributed by atoms with Crippen molar-refractivity contribution >= 4 is 36.7 Å². The SMILES string of the molecule is Clc1ccc(C2=NC(C[Se]c3ccccc3)CC2)cc1. The molecule has 0 aliphatic carbocycles. The number of rotatable bonds is 4. The van der Waals surface area contributed by atoms with Crippen LogP contribution in [0.2, 0.25) is 10.3 Å². The fraction of sp³-hybridized carbons (Fsp3) is 0.235. The number of aliphatic imine (C=N–C) groups is 1. The first kappa shape index (κ1) is 13.9. The molecule has 2 aromatic rings. The third-order valence-electron chi connectivity index (χ3n) is 3.42. The van der Waals surface area contributed by atoms with Crippen LogP contribution in [-0.2, 0) is 0 Å². The molecule has 0 saturated heterocycles. The molecule has 0 amide bonds. The molecule has 0 bridgehead atoms. The molecular formula is C17H16ClNSe. The van der Waals surface area contributed by atoms with E-state index in [9.17, 15) is 0 Å². The van der Waals surface area contributed by atoms with Gasteiger partial charge in [0.25, 0.3) is 0 Å². The molecule has 0 radical (unpaired) electrons. The normalized spacial score (nSPS) is 18.1. The number of nitrogens with zero attached hydrogens (tertiary/aromatic N) is 1. The van der Waals surface area contributed by atoms with E-state index in [0.717, 1.165) is 11.4 Å². The molecular weight excluding hydrogens is 333 g/mol. The van der Waals surface area contributed by atoms with E-state index in [-0.39, 0.29) is 0 Å². The van der Waals surface area contributed by atoms with Crippen LogP contribution < -0.4 is 4.46 Å². The van der Waals surface area contributed by atoms with E-state index in [1.165, 1.54) is 27.5 Å². The first-order valence-electron chi connectivity index (χ1n) is 6.82. The van der Waals surface area contributed by atoms with Gasteiger partial charge in [0, 0.05) is 0 Å². The zero-order valence-electron chi connectivity index (χ0n) is 11.1. The second kappa shape index (κ2) is 6.58. The maximum absolute atomic E-state index is 5.93. The van der Waals surface area contributed by atoms with Crippen LogP contribution in [0.5, 0.6) is 0 Å². The van der Waals surface area contributed by atoms with Crippen LogP contribution in [0.15, 0.2) is 59.6 Å². The number of hydrogen-bond donors (Lipinski definition) is 0. The molecule has 0 fully saturated rings. The third-order valence-corrected chi connectivity index (χ3v) is 6.10. The molecule has 1 nitrogen and oxygen atoms in total. The summed E-state index contributed by atoms with van der Waals surface area (Å²) in [6.07, 6.45) is 2.28. The third kappa shape index (κ3) is 3.52. The fourth-order valence-electron chi connectivity index (χ4n) is 2.34. The van der Waals surface area contributed by atoms with E-state index in [1.807, 2.05) is 12.1 Å². The first-order chi connectivity index (χ1) is 9.81. The molecule has 0 saturated carbocycles. The fourth-order valence-corrected chi connectivity index (χ4v) is 4.52. The molecule has 1 aliphatic rings. The van der Waals surface area contributed by atoms with Crippen molar-refractivity contribution < 1.29 is 0 Å². The van der Waals surface area contributed by atoms with E-state index >= 15 is 0 Å². The minimum absolute atomic E-state index is 0.501. The zero-order valence-corrected chi connectivity index (χ0v) is 13.6. The maximum atomic E-state index is 5.93. The van der Waals surface area contributed by atoms with Crippen LogP contribution in [0, 0.1) is 0 Å². The Labute approximate surface area is 131 Å². The summed E-state index contributed by atoms with van der Waals surface area (Å²) >= 11 is 6.46. The van der Waals surface area contributed by atoms with Gasteiger partial charge in [-0.1, -0.05) is 0 Å². The molecule has 3 rings (SSSR count). The summed E-state index contributed by atoms with van der Waals surface area (Å²) in [5.41, 5.74) is 2.47. The first-order valence-corrected chi connectivity index (χ1v) is 9.26. The van der Waals surface area contributed by atoms with Crippen LogP contribution in [-0.4, -0.2) is 26.7 Å². The van der Waals surface area contributed by atoms with Gasteiger partial charge >= 0.3 is 131 Å².